The number of nitrogens with one attached hydrogen (secondary N) is 1. The molecule has 0 fully saturated rings. The van der Waals surface area contributed by atoms with Gasteiger partial charge in [-0.05, 0) is 17.5 Å². The maximum atomic E-state index is 12.7. The number of carboxylic acids is 1. The van der Waals surface area contributed by atoms with Gasteiger partial charge >= 0.3 is 0 Å². The van der Waals surface area contributed by atoms with Crippen LogP contribution in [0.3, 0.4) is 0 Å². The maximum Gasteiger partial charge on any atom is 0.252 e. The number of hydrogen-bond donors (Lipinski definition) is 1. The van der Waals surface area contributed by atoms with Gasteiger partial charge in [-0.3, -0.25) is 9.59 Å². The number of ketones is 1. The second-order valence-corrected chi connectivity index (χ2v) is 6.26. The van der Waals surface area contributed by atoms with E-state index in [1.54, 1.807) is 49.4 Å². The van der Waals surface area contributed by atoms with Crippen LogP contribution in [0, 0.1) is 5.92 Å². The molecule has 0 aromatic heterocycles. The number of carbonyl (C=O) groups is 3. The summed E-state index contributed by atoms with van der Waals surface area (Å²) < 4.78 is 0. The second kappa shape index (κ2) is 6.51. The van der Waals surface area contributed by atoms with Gasteiger partial charge in [0.15, 0.2) is 5.78 Å². The number of carboxylic acid groups (broad SMARTS) is 1. The van der Waals surface area contributed by atoms with Crippen molar-refractivity contribution in [3.05, 3.63) is 59.2 Å². The van der Waals surface area contributed by atoms with E-state index in [0.717, 1.165) is 0 Å². The van der Waals surface area contributed by atoms with E-state index in [1.165, 1.54) is 0 Å². The van der Waals surface area contributed by atoms with Gasteiger partial charge in [0.25, 0.3) is 5.91 Å². The lowest BCUT2D eigenvalue weighted by molar-refractivity contribution is -0.309. The van der Waals surface area contributed by atoms with E-state index in [-0.39, 0.29) is 11.7 Å². The van der Waals surface area contributed by atoms with E-state index in [1.807, 2.05) is 6.92 Å². The van der Waals surface area contributed by atoms with Gasteiger partial charge in [-0.15, -0.1) is 0 Å². The van der Waals surface area contributed by atoms with E-state index in [9.17, 15) is 19.5 Å². The van der Waals surface area contributed by atoms with Crippen molar-refractivity contribution < 1.29 is 19.5 Å². The van der Waals surface area contributed by atoms with Crippen LogP contribution in [-0.4, -0.2) is 23.7 Å². The number of hydrogen-bond acceptors (Lipinski definition) is 4. The fourth-order valence-electron chi connectivity index (χ4n) is 3.15. The number of fused-ring (bicyclic) bond motifs is 3. The number of aliphatic carboxylic acids is 1. The highest BCUT2D eigenvalue weighted by atomic mass is 16.4. The summed E-state index contributed by atoms with van der Waals surface area (Å²) in [6, 6.07) is 10.9. The van der Waals surface area contributed by atoms with Crippen LogP contribution in [0.15, 0.2) is 42.5 Å². The standard InChI is InChI=1S/C20H19NO4/c1-3-11(2)17(20(24)25)21-19(23)15-10-6-9-14-16(15)12-7-4-5-8-13(12)18(14)22/h4-11,17H,3H2,1-2H3,(H,21,23)(H,24,25)/p-1/t11-,17+/m1/s1. The molecule has 2 atom stereocenters. The fourth-order valence-corrected chi connectivity index (χ4v) is 3.15. The Kier molecular flexibility index (Phi) is 4.40. The zero-order valence-electron chi connectivity index (χ0n) is 14.0. The first-order chi connectivity index (χ1) is 12.0. The third-order valence-electron chi connectivity index (χ3n) is 4.75. The minimum absolute atomic E-state index is 0.126. The van der Waals surface area contributed by atoms with Crippen molar-refractivity contribution in [1.29, 1.82) is 0 Å². The summed E-state index contributed by atoms with van der Waals surface area (Å²) in [4.78, 5) is 36.6. The van der Waals surface area contributed by atoms with Crippen molar-refractivity contribution in [2.75, 3.05) is 0 Å². The predicted octanol–water partition coefficient (Wildman–Crippen LogP) is 1.79. The highest BCUT2D eigenvalue weighted by Gasteiger charge is 2.31. The number of carbonyl (C=O) groups excluding carboxylic acids is 3. The number of amides is 1. The van der Waals surface area contributed by atoms with Crippen molar-refractivity contribution in [2.24, 2.45) is 5.92 Å². The van der Waals surface area contributed by atoms with Crippen molar-refractivity contribution in [2.45, 2.75) is 26.3 Å². The van der Waals surface area contributed by atoms with Gasteiger partial charge < -0.3 is 15.2 Å². The Balaban J connectivity index is 2.03. The van der Waals surface area contributed by atoms with Crippen LogP contribution in [0.1, 0.15) is 46.5 Å². The molecule has 1 aliphatic carbocycles. The minimum Gasteiger partial charge on any atom is -0.548 e. The Labute approximate surface area is 145 Å². The highest BCUT2D eigenvalue weighted by molar-refractivity contribution is 6.24. The molecular weight excluding hydrogens is 318 g/mol. The fraction of sp³-hybridized carbons (Fsp3) is 0.250. The summed E-state index contributed by atoms with van der Waals surface area (Å²) in [5.41, 5.74) is 2.56. The molecule has 1 aliphatic rings. The largest absolute Gasteiger partial charge is 0.548 e. The zero-order valence-corrected chi connectivity index (χ0v) is 14.0. The van der Waals surface area contributed by atoms with Crippen LogP contribution >= 0.6 is 0 Å². The molecule has 128 valence electrons. The SMILES string of the molecule is CC[C@@H](C)[C@H](NC(=O)c1cccc2c1-c1ccccc1C2=O)C(=O)[O-]. The Morgan fingerprint density at radius 2 is 1.68 bits per heavy atom. The van der Waals surface area contributed by atoms with Gasteiger partial charge in [0.1, 0.15) is 0 Å². The maximum absolute atomic E-state index is 12.7. The molecule has 1 N–H and O–H groups in total. The Hall–Kier alpha value is -2.95. The molecule has 0 radical (unpaired) electrons. The van der Waals surface area contributed by atoms with Crippen LogP contribution in [0.2, 0.25) is 0 Å². The molecule has 5 heteroatoms. The van der Waals surface area contributed by atoms with Crippen LogP contribution in [-0.2, 0) is 4.79 Å². The van der Waals surface area contributed by atoms with Crippen molar-refractivity contribution in [3.8, 4) is 11.1 Å². The Morgan fingerprint density at radius 1 is 1.04 bits per heavy atom. The molecule has 3 rings (SSSR count). The third-order valence-corrected chi connectivity index (χ3v) is 4.75. The Morgan fingerprint density at radius 3 is 2.32 bits per heavy atom. The first kappa shape index (κ1) is 16.9. The number of benzene rings is 2. The molecule has 5 nitrogen and oxygen atoms in total. The molecular formula is C20H18NO4-. The molecule has 25 heavy (non-hydrogen) atoms. The molecule has 0 saturated heterocycles. The van der Waals surface area contributed by atoms with E-state index < -0.39 is 17.9 Å². The van der Waals surface area contributed by atoms with Gasteiger partial charge in [0.2, 0.25) is 0 Å². The first-order valence-corrected chi connectivity index (χ1v) is 8.24. The molecule has 0 aliphatic heterocycles. The molecule has 2 aromatic rings. The Bertz CT molecular complexity index is 872. The summed E-state index contributed by atoms with van der Waals surface area (Å²) in [5, 5.41) is 13.9. The van der Waals surface area contributed by atoms with Gasteiger partial charge in [-0.25, -0.2) is 0 Å². The minimum atomic E-state index is -1.31. The molecule has 0 saturated carbocycles. The number of rotatable bonds is 5. The van der Waals surface area contributed by atoms with E-state index >= 15 is 0 Å². The van der Waals surface area contributed by atoms with Gasteiger partial charge in [-0.2, -0.15) is 0 Å². The summed E-state index contributed by atoms with van der Waals surface area (Å²) in [6.45, 7) is 3.59. The lowest BCUT2D eigenvalue weighted by atomic mass is 9.96. The molecule has 2 aromatic carbocycles. The van der Waals surface area contributed by atoms with E-state index in [2.05, 4.69) is 5.32 Å². The molecule has 0 heterocycles. The summed E-state index contributed by atoms with van der Waals surface area (Å²) in [5.74, 6) is -2.22. The molecule has 0 bridgehead atoms. The molecule has 0 spiro atoms. The third kappa shape index (κ3) is 2.82. The average molecular weight is 336 g/mol. The van der Waals surface area contributed by atoms with Gasteiger partial charge in [0, 0.05) is 22.3 Å². The van der Waals surface area contributed by atoms with Crippen molar-refractivity contribution in [3.63, 3.8) is 0 Å². The van der Waals surface area contributed by atoms with E-state index in [0.29, 0.717) is 34.2 Å². The van der Waals surface area contributed by atoms with Crippen molar-refractivity contribution >= 4 is 17.7 Å². The smallest absolute Gasteiger partial charge is 0.252 e. The molecule has 0 unspecified atom stereocenters. The van der Waals surface area contributed by atoms with Crippen molar-refractivity contribution in [1.82, 2.24) is 5.32 Å². The first-order valence-electron chi connectivity index (χ1n) is 8.24. The van der Waals surface area contributed by atoms with Crippen LogP contribution in [0.25, 0.3) is 11.1 Å². The second-order valence-electron chi connectivity index (χ2n) is 6.26. The summed E-state index contributed by atoms with van der Waals surface area (Å²) in [7, 11) is 0. The zero-order chi connectivity index (χ0) is 18.1. The summed E-state index contributed by atoms with van der Waals surface area (Å²) >= 11 is 0. The monoisotopic (exact) mass is 336 g/mol. The topological polar surface area (TPSA) is 86.3 Å². The lowest BCUT2D eigenvalue weighted by Crippen LogP contribution is -2.51. The molecule has 1 amide bonds. The van der Waals surface area contributed by atoms with Gasteiger partial charge in [-0.1, -0.05) is 56.7 Å². The normalized spacial score (nSPS) is 14.4. The van der Waals surface area contributed by atoms with Crippen LogP contribution in [0.4, 0.5) is 0 Å². The lowest BCUT2D eigenvalue weighted by Gasteiger charge is -2.25. The van der Waals surface area contributed by atoms with Crippen LogP contribution in [0.5, 0.6) is 0 Å². The van der Waals surface area contributed by atoms with Gasteiger partial charge in [0.05, 0.1) is 12.0 Å². The predicted molar refractivity (Wildman–Crippen MR) is 91.0 cm³/mol. The van der Waals surface area contributed by atoms with Crippen LogP contribution < -0.4 is 10.4 Å². The average Bonchev–Trinajstić information content (AvgIpc) is 2.92. The highest BCUT2D eigenvalue weighted by Crippen LogP contribution is 2.38. The quantitative estimate of drug-likeness (QED) is 0.769. The van der Waals surface area contributed by atoms with E-state index in [4.69, 9.17) is 0 Å². The summed E-state index contributed by atoms with van der Waals surface area (Å²) in [6.07, 6.45) is 0.590.